The smallest absolute Gasteiger partial charge is 0.138 e. The summed E-state index contributed by atoms with van der Waals surface area (Å²) in [5.41, 5.74) is 2.41. The fourth-order valence-corrected chi connectivity index (χ4v) is 4.56. The standard InChI is InChI=1S/C25H20F3NS/c26-22-12-17(16-4-2-1-3-5-16)6-9-20(22)18-7-10-21(23(27)13-18)19-8-11-25(30-15-29)24(28)14-19/h6-14,16H,1-5H2. The van der Waals surface area contributed by atoms with Crippen molar-refractivity contribution in [3.63, 3.8) is 0 Å². The van der Waals surface area contributed by atoms with Crippen LogP contribution in [0.15, 0.2) is 59.5 Å². The number of rotatable bonds is 4. The summed E-state index contributed by atoms with van der Waals surface area (Å²) >= 11 is 0.718. The lowest BCUT2D eigenvalue weighted by Crippen LogP contribution is -2.05. The Morgan fingerprint density at radius 3 is 1.93 bits per heavy atom. The van der Waals surface area contributed by atoms with E-state index in [0.717, 1.165) is 30.2 Å². The van der Waals surface area contributed by atoms with Crippen LogP contribution in [-0.4, -0.2) is 0 Å². The summed E-state index contributed by atoms with van der Waals surface area (Å²) < 4.78 is 43.7. The molecular formula is C25H20F3NS. The molecule has 1 aliphatic rings. The van der Waals surface area contributed by atoms with Gasteiger partial charge in [0, 0.05) is 11.1 Å². The lowest BCUT2D eigenvalue weighted by atomic mass is 9.83. The van der Waals surface area contributed by atoms with Gasteiger partial charge in [0.25, 0.3) is 0 Å². The lowest BCUT2D eigenvalue weighted by molar-refractivity contribution is 0.442. The molecule has 1 fully saturated rings. The van der Waals surface area contributed by atoms with Gasteiger partial charge in [-0.05, 0) is 71.5 Å². The number of benzene rings is 3. The van der Waals surface area contributed by atoms with Gasteiger partial charge >= 0.3 is 0 Å². The number of hydrogen-bond acceptors (Lipinski definition) is 2. The first kappa shape index (κ1) is 20.6. The molecule has 0 amide bonds. The van der Waals surface area contributed by atoms with Crippen molar-refractivity contribution in [1.82, 2.24) is 0 Å². The van der Waals surface area contributed by atoms with Crippen LogP contribution < -0.4 is 0 Å². The van der Waals surface area contributed by atoms with Crippen LogP contribution in [0.1, 0.15) is 43.6 Å². The van der Waals surface area contributed by atoms with E-state index in [1.54, 1.807) is 24.3 Å². The molecule has 0 bridgehead atoms. The number of nitrogens with zero attached hydrogens (tertiary/aromatic N) is 1. The van der Waals surface area contributed by atoms with Gasteiger partial charge in [0.15, 0.2) is 0 Å². The number of nitriles is 1. The summed E-state index contributed by atoms with van der Waals surface area (Å²) in [6.07, 6.45) is 5.77. The first-order valence-corrected chi connectivity index (χ1v) is 10.8. The van der Waals surface area contributed by atoms with Crippen LogP contribution in [0.2, 0.25) is 0 Å². The molecule has 0 aromatic heterocycles. The summed E-state index contributed by atoms with van der Waals surface area (Å²) in [5.74, 6) is -1.08. The van der Waals surface area contributed by atoms with Gasteiger partial charge in [-0.2, -0.15) is 5.26 Å². The Morgan fingerprint density at radius 2 is 1.33 bits per heavy atom. The topological polar surface area (TPSA) is 23.8 Å². The van der Waals surface area contributed by atoms with Crippen molar-refractivity contribution >= 4 is 11.8 Å². The fraction of sp³-hybridized carbons (Fsp3) is 0.240. The van der Waals surface area contributed by atoms with Gasteiger partial charge in [0.1, 0.15) is 22.9 Å². The molecule has 3 aromatic carbocycles. The second-order valence-corrected chi connectivity index (χ2v) is 8.43. The van der Waals surface area contributed by atoms with E-state index in [9.17, 15) is 13.2 Å². The van der Waals surface area contributed by atoms with Crippen molar-refractivity contribution < 1.29 is 13.2 Å². The van der Waals surface area contributed by atoms with E-state index in [1.807, 2.05) is 11.5 Å². The van der Waals surface area contributed by atoms with Crippen LogP contribution in [0.3, 0.4) is 0 Å². The lowest BCUT2D eigenvalue weighted by Gasteiger charge is -2.22. The minimum atomic E-state index is -0.577. The first-order chi connectivity index (χ1) is 14.6. The van der Waals surface area contributed by atoms with Gasteiger partial charge in [0.2, 0.25) is 0 Å². The molecule has 0 saturated heterocycles. The molecule has 0 aliphatic heterocycles. The maximum absolute atomic E-state index is 14.8. The van der Waals surface area contributed by atoms with Crippen molar-refractivity contribution in [3.8, 4) is 27.7 Å². The Balaban J connectivity index is 1.62. The zero-order chi connectivity index (χ0) is 21.1. The first-order valence-electron chi connectivity index (χ1n) is 10.0. The van der Waals surface area contributed by atoms with Gasteiger partial charge in [-0.1, -0.05) is 49.6 Å². The summed E-state index contributed by atoms with van der Waals surface area (Å²) in [7, 11) is 0. The molecule has 0 N–H and O–H groups in total. The highest BCUT2D eigenvalue weighted by Crippen LogP contribution is 2.36. The van der Waals surface area contributed by atoms with Crippen molar-refractivity contribution in [2.45, 2.75) is 42.9 Å². The minimum absolute atomic E-state index is 0.193. The highest BCUT2D eigenvalue weighted by molar-refractivity contribution is 8.03. The zero-order valence-electron chi connectivity index (χ0n) is 16.3. The van der Waals surface area contributed by atoms with E-state index < -0.39 is 11.6 Å². The van der Waals surface area contributed by atoms with E-state index in [-0.39, 0.29) is 16.3 Å². The molecule has 1 nitrogen and oxygen atoms in total. The van der Waals surface area contributed by atoms with E-state index in [2.05, 4.69) is 0 Å². The molecule has 3 aromatic rings. The molecule has 1 aliphatic carbocycles. The molecule has 0 atom stereocenters. The third kappa shape index (κ3) is 4.24. The Kier molecular flexibility index (Phi) is 6.15. The predicted molar refractivity (Wildman–Crippen MR) is 114 cm³/mol. The van der Waals surface area contributed by atoms with Crippen molar-refractivity contribution in [1.29, 1.82) is 5.26 Å². The highest BCUT2D eigenvalue weighted by atomic mass is 32.2. The quantitative estimate of drug-likeness (QED) is 0.313. The van der Waals surface area contributed by atoms with Gasteiger partial charge in [0.05, 0.1) is 4.90 Å². The Hall–Kier alpha value is -2.71. The van der Waals surface area contributed by atoms with E-state index >= 15 is 0 Å². The van der Waals surface area contributed by atoms with Crippen molar-refractivity contribution in [2.24, 2.45) is 0 Å². The van der Waals surface area contributed by atoms with E-state index in [0.29, 0.717) is 22.6 Å². The van der Waals surface area contributed by atoms with Crippen molar-refractivity contribution in [2.75, 3.05) is 0 Å². The largest absolute Gasteiger partial charge is 0.206 e. The number of thiocyanates is 1. The maximum Gasteiger partial charge on any atom is 0.138 e. The third-order valence-electron chi connectivity index (χ3n) is 5.75. The summed E-state index contributed by atoms with van der Waals surface area (Å²) in [6, 6.07) is 13.9. The zero-order valence-corrected chi connectivity index (χ0v) is 17.1. The van der Waals surface area contributed by atoms with Gasteiger partial charge in [-0.25, -0.2) is 13.2 Å². The van der Waals surface area contributed by atoms with Gasteiger partial charge < -0.3 is 0 Å². The van der Waals surface area contributed by atoms with Crippen molar-refractivity contribution in [3.05, 3.63) is 77.6 Å². The minimum Gasteiger partial charge on any atom is -0.206 e. The number of thioether (sulfide) groups is 1. The molecule has 5 heteroatoms. The van der Waals surface area contributed by atoms with E-state index in [1.165, 1.54) is 43.5 Å². The van der Waals surface area contributed by atoms with Crippen LogP contribution in [0, 0.1) is 28.1 Å². The Morgan fingerprint density at radius 1 is 0.733 bits per heavy atom. The number of halogens is 3. The summed E-state index contributed by atoms with van der Waals surface area (Å²) in [6.45, 7) is 0. The molecule has 30 heavy (non-hydrogen) atoms. The Bertz CT molecular complexity index is 1110. The molecule has 152 valence electrons. The second-order valence-electron chi connectivity index (χ2n) is 7.61. The summed E-state index contributed by atoms with van der Waals surface area (Å²) in [4.78, 5) is 0.193. The van der Waals surface area contributed by atoms with Crippen LogP contribution in [0.4, 0.5) is 13.2 Å². The maximum atomic E-state index is 14.8. The van der Waals surface area contributed by atoms with Crippen LogP contribution in [0.5, 0.6) is 0 Å². The predicted octanol–water partition coefficient (Wildman–Crippen LogP) is 8.06. The molecule has 4 rings (SSSR count). The van der Waals surface area contributed by atoms with Crippen LogP contribution >= 0.6 is 11.8 Å². The average molecular weight is 424 g/mol. The SMILES string of the molecule is N#CSc1ccc(-c2ccc(-c3ccc(C4CCCCC4)cc3F)cc2F)cc1F. The molecule has 0 spiro atoms. The monoisotopic (exact) mass is 423 g/mol. The normalized spacial score (nSPS) is 14.5. The highest BCUT2D eigenvalue weighted by Gasteiger charge is 2.18. The number of hydrogen-bond donors (Lipinski definition) is 0. The second kappa shape index (κ2) is 8.97. The summed E-state index contributed by atoms with van der Waals surface area (Å²) in [5, 5.41) is 10.5. The van der Waals surface area contributed by atoms with Crippen LogP contribution in [-0.2, 0) is 0 Å². The fourth-order valence-electron chi connectivity index (χ4n) is 4.17. The molecule has 0 radical (unpaired) electrons. The third-order valence-corrected chi connectivity index (χ3v) is 6.39. The van der Waals surface area contributed by atoms with Gasteiger partial charge in [-0.15, -0.1) is 0 Å². The van der Waals surface area contributed by atoms with Gasteiger partial charge in [-0.3, -0.25) is 0 Å². The van der Waals surface area contributed by atoms with Crippen LogP contribution in [0.25, 0.3) is 22.3 Å². The van der Waals surface area contributed by atoms with E-state index in [4.69, 9.17) is 5.26 Å². The molecule has 0 heterocycles. The molecular weight excluding hydrogens is 403 g/mol. The average Bonchev–Trinajstić information content (AvgIpc) is 2.76. The molecule has 0 unspecified atom stereocenters. The molecule has 1 saturated carbocycles. The Labute approximate surface area is 178 Å².